The van der Waals surface area contributed by atoms with Crippen LogP contribution in [0.5, 0.6) is 11.5 Å². The number of hydrogen-bond acceptors (Lipinski definition) is 4. The second-order valence-electron chi connectivity index (χ2n) is 3.61. The molecule has 0 saturated heterocycles. The van der Waals surface area contributed by atoms with E-state index in [2.05, 4.69) is 0 Å². The molecule has 0 radical (unpaired) electrons. The molecule has 5 heteroatoms. The summed E-state index contributed by atoms with van der Waals surface area (Å²) in [6.45, 7) is 3.32. The number of carboxylic acids is 1. The number of aliphatic carboxylic acids is 1. The van der Waals surface area contributed by atoms with Gasteiger partial charge in [0.05, 0.1) is 7.11 Å². The number of carboxylic acid groups (broad SMARTS) is 1. The van der Waals surface area contributed by atoms with Crippen molar-refractivity contribution in [3.63, 3.8) is 0 Å². The van der Waals surface area contributed by atoms with Crippen molar-refractivity contribution in [2.24, 2.45) is 5.73 Å². The summed E-state index contributed by atoms with van der Waals surface area (Å²) in [4.78, 5) is 10.8. The normalized spacial score (nSPS) is 12.2. The van der Waals surface area contributed by atoms with E-state index in [9.17, 15) is 9.90 Å². The van der Waals surface area contributed by atoms with Crippen LogP contribution in [0, 0.1) is 13.8 Å². The van der Waals surface area contributed by atoms with Crippen LogP contribution in [-0.4, -0.2) is 23.3 Å². The average Bonchev–Trinajstić information content (AvgIpc) is 2.23. The van der Waals surface area contributed by atoms with Gasteiger partial charge in [0.2, 0.25) is 0 Å². The van der Waals surface area contributed by atoms with Gasteiger partial charge in [-0.05, 0) is 31.0 Å². The number of rotatable bonds is 3. The molecular weight excluding hydrogens is 210 g/mol. The van der Waals surface area contributed by atoms with Crippen molar-refractivity contribution in [2.75, 3.05) is 7.11 Å². The number of ether oxygens (including phenoxy) is 1. The SMILES string of the molecule is COc1c(C)c(C(N)C(=O)O)cc(C)c1O. The molecule has 0 aromatic heterocycles. The molecule has 0 aliphatic carbocycles. The summed E-state index contributed by atoms with van der Waals surface area (Å²) in [5.74, 6) is -0.830. The molecule has 0 saturated carbocycles. The van der Waals surface area contributed by atoms with Gasteiger partial charge in [0.15, 0.2) is 11.5 Å². The summed E-state index contributed by atoms with van der Waals surface area (Å²) < 4.78 is 5.03. The van der Waals surface area contributed by atoms with E-state index in [4.69, 9.17) is 15.6 Å². The lowest BCUT2D eigenvalue weighted by Gasteiger charge is -2.16. The van der Waals surface area contributed by atoms with Gasteiger partial charge >= 0.3 is 5.97 Å². The molecule has 1 atom stereocenters. The lowest BCUT2D eigenvalue weighted by atomic mass is 9.97. The minimum Gasteiger partial charge on any atom is -0.504 e. The highest BCUT2D eigenvalue weighted by Gasteiger charge is 2.21. The Morgan fingerprint density at radius 2 is 2.06 bits per heavy atom. The molecule has 1 unspecified atom stereocenters. The van der Waals surface area contributed by atoms with Gasteiger partial charge in [-0.1, -0.05) is 0 Å². The molecule has 0 spiro atoms. The van der Waals surface area contributed by atoms with Crippen molar-refractivity contribution in [1.29, 1.82) is 0 Å². The molecule has 88 valence electrons. The number of aromatic hydroxyl groups is 1. The molecule has 0 heterocycles. The molecule has 0 amide bonds. The van der Waals surface area contributed by atoms with E-state index in [0.717, 1.165) is 0 Å². The van der Waals surface area contributed by atoms with Crippen LogP contribution in [-0.2, 0) is 4.79 Å². The van der Waals surface area contributed by atoms with Crippen LogP contribution in [0.4, 0.5) is 0 Å². The van der Waals surface area contributed by atoms with Crippen molar-refractivity contribution in [3.8, 4) is 11.5 Å². The fourth-order valence-electron chi connectivity index (χ4n) is 1.60. The number of benzene rings is 1. The minimum atomic E-state index is -1.12. The average molecular weight is 225 g/mol. The monoisotopic (exact) mass is 225 g/mol. The molecular formula is C11H15NO4. The first kappa shape index (κ1) is 12.3. The Kier molecular flexibility index (Phi) is 3.39. The highest BCUT2D eigenvalue weighted by molar-refractivity contribution is 5.77. The fourth-order valence-corrected chi connectivity index (χ4v) is 1.60. The molecule has 4 N–H and O–H groups in total. The number of aryl methyl sites for hydroxylation is 1. The first-order valence-corrected chi connectivity index (χ1v) is 4.75. The van der Waals surface area contributed by atoms with Crippen molar-refractivity contribution in [1.82, 2.24) is 0 Å². The van der Waals surface area contributed by atoms with Crippen molar-refractivity contribution in [3.05, 3.63) is 22.8 Å². The smallest absolute Gasteiger partial charge is 0.325 e. The first-order valence-electron chi connectivity index (χ1n) is 4.75. The zero-order valence-electron chi connectivity index (χ0n) is 9.44. The third kappa shape index (κ3) is 1.94. The van der Waals surface area contributed by atoms with E-state index in [1.807, 2.05) is 0 Å². The topological polar surface area (TPSA) is 92.8 Å². The second kappa shape index (κ2) is 4.40. The predicted octanol–water partition coefficient (Wildman–Crippen LogP) is 1.10. The van der Waals surface area contributed by atoms with Gasteiger partial charge in [-0.15, -0.1) is 0 Å². The summed E-state index contributed by atoms with van der Waals surface area (Å²) in [5.41, 5.74) is 7.07. The maximum absolute atomic E-state index is 10.8. The van der Waals surface area contributed by atoms with Crippen LogP contribution in [0.2, 0.25) is 0 Å². The van der Waals surface area contributed by atoms with Gasteiger partial charge in [0, 0.05) is 5.56 Å². The highest BCUT2D eigenvalue weighted by Crippen LogP contribution is 2.37. The minimum absolute atomic E-state index is 0.0151. The maximum atomic E-state index is 10.8. The van der Waals surface area contributed by atoms with E-state index in [-0.39, 0.29) is 11.5 Å². The standard InChI is InChI=1S/C11H15NO4/c1-5-4-7(8(12)11(14)15)6(2)10(16-3)9(5)13/h4,8,13H,12H2,1-3H3,(H,14,15). The summed E-state index contributed by atoms with van der Waals surface area (Å²) in [6, 6.07) is 0.444. The van der Waals surface area contributed by atoms with Gasteiger partial charge < -0.3 is 20.7 Å². The lowest BCUT2D eigenvalue weighted by molar-refractivity contribution is -0.138. The van der Waals surface area contributed by atoms with Crippen molar-refractivity contribution in [2.45, 2.75) is 19.9 Å². The predicted molar refractivity (Wildman–Crippen MR) is 58.7 cm³/mol. The highest BCUT2D eigenvalue weighted by atomic mass is 16.5. The molecule has 0 fully saturated rings. The Labute approximate surface area is 93.5 Å². The Hall–Kier alpha value is -1.75. The second-order valence-corrected chi connectivity index (χ2v) is 3.61. The number of phenolic OH excluding ortho intramolecular Hbond substituents is 1. The number of hydrogen-bond donors (Lipinski definition) is 3. The van der Waals surface area contributed by atoms with Crippen LogP contribution in [0.15, 0.2) is 6.07 Å². The molecule has 0 bridgehead atoms. The van der Waals surface area contributed by atoms with Gasteiger partial charge in [0.1, 0.15) is 6.04 Å². The lowest BCUT2D eigenvalue weighted by Crippen LogP contribution is -2.22. The quantitative estimate of drug-likeness (QED) is 0.716. The van der Waals surface area contributed by atoms with Crippen LogP contribution in [0.3, 0.4) is 0 Å². The van der Waals surface area contributed by atoms with Gasteiger partial charge in [-0.3, -0.25) is 4.79 Å². The Morgan fingerprint density at radius 3 is 2.50 bits per heavy atom. The number of carbonyl (C=O) groups is 1. The largest absolute Gasteiger partial charge is 0.504 e. The molecule has 1 aromatic carbocycles. The number of methoxy groups -OCH3 is 1. The third-order valence-electron chi connectivity index (χ3n) is 2.54. The van der Waals surface area contributed by atoms with Crippen LogP contribution >= 0.6 is 0 Å². The molecule has 0 aliphatic heterocycles. The van der Waals surface area contributed by atoms with E-state index < -0.39 is 12.0 Å². The number of nitrogens with two attached hydrogens (primary N) is 1. The summed E-state index contributed by atoms with van der Waals surface area (Å²) >= 11 is 0. The summed E-state index contributed by atoms with van der Waals surface area (Å²) in [7, 11) is 1.41. The fraction of sp³-hybridized carbons (Fsp3) is 0.364. The zero-order chi connectivity index (χ0) is 12.5. The van der Waals surface area contributed by atoms with E-state index in [1.165, 1.54) is 7.11 Å². The molecule has 1 rings (SSSR count). The molecule has 16 heavy (non-hydrogen) atoms. The molecule has 0 aliphatic rings. The van der Waals surface area contributed by atoms with Gasteiger partial charge in [-0.25, -0.2) is 0 Å². The first-order chi connectivity index (χ1) is 7.40. The summed E-state index contributed by atoms with van der Waals surface area (Å²) in [5, 5.41) is 18.6. The van der Waals surface area contributed by atoms with Crippen molar-refractivity contribution >= 4 is 5.97 Å². The van der Waals surface area contributed by atoms with Crippen LogP contribution in [0.1, 0.15) is 22.7 Å². The Morgan fingerprint density at radius 1 is 1.50 bits per heavy atom. The van der Waals surface area contributed by atoms with E-state index >= 15 is 0 Å². The van der Waals surface area contributed by atoms with E-state index in [1.54, 1.807) is 19.9 Å². The van der Waals surface area contributed by atoms with Crippen LogP contribution < -0.4 is 10.5 Å². The van der Waals surface area contributed by atoms with Crippen LogP contribution in [0.25, 0.3) is 0 Å². The summed E-state index contributed by atoms with van der Waals surface area (Å²) in [6.07, 6.45) is 0. The maximum Gasteiger partial charge on any atom is 0.325 e. The zero-order valence-corrected chi connectivity index (χ0v) is 9.44. The Balaban J connectivity index is 3.42. The number of phenols is 1. The Bertz CT molecular complexity index is 428. The van der Waals surface area contributed by atoms with Crippen molar-refractivity contribution < 1.29 is 19.7 Å². The third-order valence-corrected chi connectivity index (χ3v) is 2.54. The van der Waals surface area contributed by atoms with Gasteiger partial charge in [0.25, 0.3) is 0 Å². The van der Waals surface area contributed by atoms with E-state index in [0.29, 0.717) is 16.7 Å². The molecule has 1 aromatic rings. The van der Waals surface area contributed by atoms with Gasteiger partial charge in [-0.2, -0.15) is 0 Å². The molecule has 5 nitrogen and oxygen atoms in total.